The van der Waals surface area contributed by atoms with E-state index < -0.39 is 0 Å². The van der Waals surface area contributed by atoms with Crippen LogP contribution in [0.3, 0.4) is 0 Å². The van der Waals surface area contributed by atoms with Crippen LogP contribution in [0.4, 0.5) is 0 Å². The smallest absolute Gasteiger partial charge is 0.0259 e. The molecule has 0 heteroatoms. The van der Waals surface area contributed by atoms with E-state index in [-0.39, 0.29) is 0 Å². The summed E-state index contributed by atoms with van der Waals surface area (Å²) in [4.78, 5) is 0. The van der Waals surface area contributed by atoms with Crippen LogP contribution in [-0.4, -0.2) is 0 Å². The third-order valence-electron chi connectivity index (χ3n) is 3.33. The fourth-order valence-electron chi connectivity index (χ4n) is 2.25. The van der Waals surface area contributed by atoms with Gasteiger partial charge in [-0.1, -0.05) is 58.1 Å². The van der Waals surface area contributed by atoms with E-state index >= 15 is 0 Å². The molecular weight excluding hydrogens is 156 g/mol. The fraction of sp³-hybridized carbons (Fsp3) is 0.846. The molecule has 0 aliphatic heterocycles. The lowest BCUT2D eigenvalue weighted by Gasteiger charge is -2.15. The van der Waals surface area contributed by atoms with Crippen LogP contribution < -0.4 is 0 Å². The van der Waals surface area contributed by atoms with Crippen LogP contribution in [0.5, 0.6) is 0 Å². The summed E-state index contributed by atoms with van der Waals surface area (Å²) in [5, 5.41) is 0. The summed E-state index contributed by atoms with van der Waals surface area (Å²) in [6, 6.07) is 0. The Morgan fingerprint density at radius 1 is 1.23 bits per heavy atom. The molecule has 0 aromatic rings. The molecule has 1 atom stereocenters. The van der Waals surface area contributed by atoms with Crippen LogP contribution in [0, 0.1) is 18.4 Å². The molecule has 1 aliphatic rings. The van der Waals surface area contributed by atoms with Gasteiger partial charge >= 0.3 is 0 Å². The molecule has 1 saturated carbocycles. The second-order valence-electron chi connectivity index (χ2n) is 4.60. The minimum Gasteiger partial charge on any atom is -0.0817 e. The monoisotopic (exact) mass is 179 g/mol. The zero-order valence-electron chi connectivity index (χ0n) is 8.97. The van der Waals surface area contributed by atoms with Crippen molar-refractivity contribution in [2.45, 2.75) is 58.3 Å². The van der Waals surface area contributed by atoms with E-state index in [0.29, 0.717) is 5.92 Å². The third kappa shape index (κ3) is 4.50. The number of hydrogen-bond donors (Lipinski definition) is 0. The Hall–Kier alpha value is -0.260. The zero-order chi connectivity index (χ0) is 9.52. The first-order valence-corrected chi connectivity index (χ1v) is 5.88. The number of rotatable bonds is 4. The van der Waals surface area contributed by atoms with Crippen molar-refractivity contribution >= 4 is 0 Å². The quantitative estimate of drug-likeness (QED) is 0.562. The molecule has 13 heavy (non-hydrogen) atoms. The molecule has 1 radical (unpaired) electrons. The largest absolute Gasteiger partial charge is 0.0817 e. The predicted octanol–water partition coefficient (Wildman–Crippen LogP) is 4.36. The van der Waals surface area contributed by atoms with Crippen molar-refractivity contribution in [3.05, 3.63) is 12.7 Å². The normalized spacial score (nSPS) is 22.2. The van der Waals surface area contributed by atoms with Gasteiger partial charge in [-0.3, -0.25) is 0 Å². The standard InChI is InChI=1S/C13H23/c1-3-12(2)10-11-13-8-6-4-5-7-9-13/h1,3,12-13H,4-11H2,2H3. The van der Waals surface area contributed by atoms with Gasteiger partial charge in [0.2, 0.25) is 0 Å². The first kappa shape index (κ1) is 10.8. The molecule has 75 valence electrons. The molecule has 0 aromatic carbocycles. The van der Waals surface area contributed by atoms with Gasteiger partial charge in [-0.05, 0) is 24.7 Å². The summed E-state index contributed by atoms with van der Waals surface area (Å²) in [6.07, 6.45) is 13.3. The van der Waals surface area contributed by atoms with Gasteiger partial charge in [0.15, 0.2) is 0 Å². The van der Waals surface area contributed by atoms with Crippen LogP contribution in [0.2, 0.25) is 0 Å². The SMILES string of the molecule is [CH]=CC(C)CCC1CCCCCC1. The molecule has 0 heterocycles. The van der Waals surface area contributed by atoms with Crippen LogP contribution in [0.15, 0.2) is 6.08 Å². The molecule has 0 N–H and O–H groups in total. The molecule has 0 bridgehead atoms. The average molecular weight is 179 g/mol. The minimum atomic E-state index is 0.614. The summed E-state index contributed by atoms with van der Waals surface area (Å²) in [5.41, 5.74) is 0. The van der Waals surface area contributed by atoms with Gasteiger partial charge < -0.3 is 0 Å². The van der Waals surface area contributed by atoms with E-state index in [1.165, 1.54) is 51.4 Å². The molecular formula is C13H23. The van der Waals surface area contributed by atoms with Crippen molar-refractivity contribution in [1.29, 1.82) is 0 Å². The minimum absolute atomic E-state index is 0.614. The van der Waals surface area contributed by atoms with E-state index in [4.69, 9.17) is 6.58 Å². The van der Waals surface area contributed by atoms with Gasteiger partial charge in [0.1, 0.15) is 0 Å². The molecule has 1 aliphatic carbocycles. The summed E-state index contributed by atoms with van der Waals surface area (Å²) in [7, 11) is 0. The Morgan fingerprint density at radius 3 is 2.38 bits per heavy atom. The highest BCUT2D eigenvalue weighted by Gasteiger charge is 2.12. The summed E-state index contributed by atoms with van der Waals surface area (Å²) >= 11 is 0. The van der Waals surface area contributed by atoms with Crippen LogP contribution in [0.1, 0.15) is 58.3 Å². The summed E-state index contributed by atoms with van der Waals surface area (Å²) in [6.45, 7) is 7.71. The first-order valence-electron chi connectivity index (χ1n) is 5.88. The van der Waals surface area contributed by atoms with Gasteiger partial charge in [0.05, 0.1) is 0 Å². The Bertz CT molecular complexity index is 129. The second-order valence-corrected chi connectivity index (χ2v) is 4.60. The lowest BCUT2D eigenvalue weighted by molar-refractivity contribution is 0.395. The maximum Gasteiger partial charge on any atom is -0.0259 e. The van der Waals surface area contributed by atoms with E-state index in [1.54, 1.807) is 0 Å². The van der Waals surface area contributed by atoms with Crippen LogP contribution in [-0.2, 0) is 0 Å². The Kier molecular flexibility index (Phi) is 5.19. The zero-order valence-corrected chi connectivity index (χ0v) is 8.97. The van der Waals surface area contributed by atoms with E-state index in [1.807, 2.05) is 6.08 Å². The molecule has 1 unspecified atom stereocenters. The molecule has 1 fully saturated rings. The fourth-order valence-corrected chi connectivity index (χ4v) is 2.25. The van der Waals surface area contributed by atoms with Gasteiger partial charge in [-0.15, -0.1) is 0 Å². The van der Waals surface area contributed by atoms with Crippen molar-refractivity contribution in [3.63, 3.8) is 0 Å². The van der Waals surface area contributed by atoms with Gasteiger partial charge in [0, 0.05) is 0 Å². The average Bonchev–Trinajstić information content (AvgIpc) is 2.42. The lowest BCUT2D eigenvalue weighted by atomic mass is 9.91. The third-order valence-corrected chi connectivity index (χ3v) is 3.33. The second kappa shape index (κ2) is 6.23. The van der Waals surface area contributed by atoms with Crippen molar-refractivity contribution in [2.75, 3.05) is 0 Å². The van der Waals surface area contributed by atoms with E-state index in [0.717, 1.165) is 5.92 Å². The Morgan fingerprint density at radius 2 is 1.85 bits per heavy atom. The van der Waals surface area contributed by atoms with Gasteiger partial charge in [-0.2, -0.15) is 0 Å². The molecule has 0 amide bonds. The maximum absolute atomic E-state index is 5.49. The van der Waals surface area contributed by atoms with Gasteiger partial charge in [-0.25, -0.2) is 0 Å². The summed E-state index contributed by atoms with van der Waals surface area (Å²) in [5.74, 6) is 1.62. The predicted molar refractivity (Wildman–Crippen MR) is 58.5 cm³/mol. The van der Waals surface area contributed by atoms with Crippen molar-refractivity contribution in [1.82, 2.24) is 0 Å². The van der Waals surface area contributed by atoms with E-state index in [9.17, 15) is 0 Å². The first-order chi connectivity index (χ1) is 6.33. The van der Waals surface area contributed by atoms with Crippen molar-refractivity contribution < 1.29 is 0 Å². The topological polar surface area (TPSA) is 0 Å². The van der Waals surface area contributed by atoms with Crippen LogP contribution in [0.25, 0.3) is 0 Å². The number of allylic oxidation sites excluding steroid dienone is 1. The highest BCUT2D eigenvalue weighted by atomic mass is 14.2. The molecule has 0 aromatic heterocycles. The van der Waals surface area contributed by atoms with Crippen molar-refractivity contribution in [2.24, 2.45) is 11.8 Å². The summed E-state index contributed by atoms with van der Waals surface area (Å²) < 4.78 is 0. The molecule has 0 nitrogen and oxygen atoms in total. The Labute approximate surface area is 83.4 Å². The highest BCUT2D eigenvalue weighted by molar-refractivity contribution is 4.74. The lowest BCUT2D eigenvalue weighted by Crippen LogP contribution is -2.01. The van der Waals surface area contributed by atoms with Gasteiger partial charge in [0.25, 0.3) is 0 Å². The van der Waals surface area contributed by atoms with Crippen molar-refractivity contribution in [3.8, 4) is 0 Å². The maximum atomic E-state index is 5.49. The molecule has 0 saturated heterocycles. The molecule has 1 rings (SSSR count). The Balaban J connectivity index is 2.14. The highest BCUT2D eigenvalue weighted by Crippen LogP contribution is 2.27. The number of hydrogen-bond acceptors (Lipinski definition) is 0. The van der Waals surface area contributed by atoms with E-state index in [2.05, 4.69) is 6.92 Å². The molecule has 0 spiro atoms. The van der Waals surface area contributed by atoms with Crippen LogP contribution >= 0.6 is 0 Å².